The number of nitrogens with zero attached hydrogens (tertiary/aromatic N) is 3. The summed E-state index contributed by atoms with van der Waals surface area (Å²) in [4.78, 5) is 20.8. The lowest BCUT2D eigenvalue weighted by molar-refractivity contribution is -0.0221. The van der Waals surface area contributed by atoms with E-state index in [0.29, 0.717) is 5.82 Å². The van der Waals surface area contributed by atoms with Crippen molar-refractivity contribution in [3.63, 3.8) is 0 Å². The molecule has 0 bridgehead atoms. The van der Waals surface area contributed by atoms with E-state index in [1.165, 1.54) is 13.1 Å². The van der Waals surface area contributed by atoms with E-state index in [2.05, 4.69) is 9.97 Å². The molecule has 0 spiro atoms. The maximum atomic E-state index is 13.0. The van der Waals surface area contributed by atoms with Gasteiger partial charge in [0.25, 0.3) is 5.92 Å². The van der Waals surface area contributed by atoms with Crippen molar-refractivity contribution in [2.45, 2.75) is 25.7 Å². The smallest absolute Gasteiger partial charge is 0.251 e. The summed E-state index contributed by atoms with van der Waals surface area (Å²) >= 11 is 5.83. The van der Waals surface area contributed by atoms with Crippen LogP contribution in [-0.4, -0.2) is 34.8 Å². The van der Waals surface area contributed by atoms with Crippen LogP contribution in [0.1, 0.15) is 30.3 Å². The van der Waals surface area contributed by atoms with Crippen molar-refractivity contribution in [3.8, 4) is 0 Å². The van der Waals surface area contributed by atoms with Crippen LogP contribution in [0, 0.1) is 0 Å². The third kappa shape index (κ3) is 2.75. The van der Waals surface area contributed by atoms with Gasteiger partial charge in [-0.2, -0.15) is 0 Å². The second-order valence-electron chi connectivity index (χ2n) is 4.27. The molecule has 1 aliphatic rings. The Morgan fingerprint density at radius 1 is 1.44 bits per heavy atom. The molecule has 7 heteroatoms. The molecule has 0 radical (unpaired) electrons. The molecule has 0 atom stereocenters. The Morgan fingerprint density at radius 3 is 2.56 bits per heavy atom. The quantitative estimate of drug-likeness (QED) is 0.778. The maximum absolute atomic E-state index is 13.0. The molecule has 1 aromatic rings. The molecule has 1 aromatic heterocycles. The Labute approximate surface area is 108 Å². The Kier molecular flexibility index (Phi) is 3.47. The fourth-order valence-electron chi connectivity index (χ4n) is 1.81. The van der Waals surface area contributed by atoms with Gasteiger partial charge in [-0.1, -0.05) is 11.6 Å². The average molecular weight is 276 g/mol. The van der Waals surface area contributed by atoms with Gasteiger partial charge in [-0.15, -0.1) is 0 Å². The first kappa shape index (κ1) is 13.1. The molecule has 1 fully saturated rings. The van der Waals surface area contributed by atoms with Crippen LogP contribution < -0.4 is 4.90 Å². The average Bonchev–Trinajstić information content (AvgIpc) is 2.28. The van der Waals surface area contributed by atoms with E-state index < -0.39 is 5.92 Å². The predicted molar refractivity (Wildman–Crippen MR) is 63.4 cm³/mol. The second kappa shape index (κ2) is 4.76. The number of anilines is 1. The zero-order chi connectivity index (χ0) is 13.3. The van der Waals surface area contributed by atoms with Gasteiger partial charge in [-0.05, 0) is 0 Å². The summed E-state index contributed by atoms with van der Waals surface area (Å²) in [5, 5.41) is 0.0114. The maximum Gasteiger partial charge on any atom is 0.251 e. The Balaban J connectivity index is 2.16. The first-order valence-corrected chi connectivity index (χ1v) is 5.93. The van der Waals surface area contributed by atoms with Crippen molar-refractivity contribution in [1.82, 2.24) is 9.97 Å². The van der Waals surface area contributed by atoms with Gasteiger partial charge >= 0.3 is 0 Å². The molecule has 0 aliphatic carbocycles. The van der Waals surface area contributed by atoms with Crippen molar-refractivity contribution in [1.29, 1.82) is 0 Å². The fraction of sp³-hybridized carbons (Fsp3) is 0.545. The number of ketones is 1. The van der Waals surface area contributed by atoms with E-state index in [9.17, 15) is 13.6 Å². The van der Waals surface area contributed by atoms with Gasteiger partial charge in [0.1, 0.15) is 11.5 Å². The van der Waals surface area contributed by atoms with E-state index >= 15 is 0 Å². The van der Waals surface area contributed by atoms with Crippen LogP contribution in [0.15, 0.2) is 6.20 Å². The lowest BCUT2D eigenvalue weighted by Gasteiger charge is -2.32. The van der Waals surface area contributed by atoms with Crippen LogP contribution in [0.2, 0.25) is 5.15 Å². The van der Waals surface area contributed by atoms with Gasteiger partial charge in [0.2, 0.25) is 0 Å². The number of carbonyl (C=O) groups excluding carboxylic acids is 1. The van der Waals surface area contributed by atoms with Crippen LogP contribution in [0.4, 0.5) is 14.6 Å². The normalized spacial score (nSPS) is 18.8. The number of hydrogen-bond acceptors (Lipinski definition) is 4. The van der Waals surface area contributed by atoms with Gasteiger partial charge in [-0.3, -0.25) is 4.79 Å². The molecule has 18 heavy (non-hydrogen) atoms. The standard InChI is InChI=1S/C11H12ClF2N3O/c1-7(18)9-10(12)16-8(6-15-9)17-4-2-11(13,14)3-5-17/h6H,2-5H2,1H3. The first-order valence-electron chi connectivity index (χ1n) is 5.55. The van der Waals surface area contributed by atoms with Crippen molar-refractivity contribution >= 4 is 23.2 Å². The Hall–Kier alpha value is -1.30. The molecule has 0 unspecified atom stereocenters. The zero-order valence-electron chi connectivity index (χ0n) is 9.79. The van der Waals surface area contributed by atoms with E-state index in [4.69, 9.17) is 11.6 Å². The summed E-state index contributed by atoms with van der Waals surface area (Å²) in [6.07, 6.45) is 0.980. The minimum atomic E-state index is -2.60. The highest BCUT2D eigenvalue weighted by Crippen LogP contribution is 2.30. The second-order valence-corrected chi connectivity index (χ2v) is 4.62. The molecule has 0 aromatic carbocycles. The highest BCUT2D eigenvalue weighted by Gasteiger charge is 2.34. The summed E-state index contributed by atoms with van der Waals surface area (Å²) < 4.78 is 26.0. The highest BCUT2D eigenvalue weighted by molar-refractivity contribution is 6.32. The van der Waals surface area contributed by atoms with Crippen molar-refractivity contribution < 1.29 is 13.6 Å². The van der Waals surface area contributed by atoms with Gasteiger partial charge in [0, 0.05) is 32.9 Å². The molecular weight excluding hydrogens is 264 g/mol. The van der Waals surface area contributed by atoms with Crippen LogP contribution >= 0.6 is 11.6 Å². The summed E-state index contributed by atoms with van der Waals surface area (Å²) in [7, 11) is 0. The van der Waals surface area contributed by atoms with Gasteiger partial charge in [0.15, 0.2) is 10.9 Å². The molecule has 1 saturated heterocycles. The number of piperidine rings is 1. The first-order chi connectivity index (χ1) is 8.39. The fourth-order valence-corrected chi connectivity index (χ4v) is 2.08. The number of rotatable bonds is 2. The van der Waals surface area contributed by atoms with Crippen LogP contribution in [0.3, 0.4) is 0 Å². The van der Waals surface area contributed by atoms with Crippen LogP contribution in [-0.2, 0) is 0 Å². The summed E-state index contributed by atoms with van der Waals surface area (Å²) in [5.74, 6) is -2.45. The number of halogens is 3. The minimum absolute atomic E-state index is 0.0114. The lowest BCUT2D eigenvalue weighted by atomic mass is 10.1. The largest absolute Gasteiger partial charge is 0.355 e. The van der Waals surface area contributed by atoms with Crippen molar-refractivity contribution in [2.75, 3.05) is 18.0 Å². The summed E-state index contributed by atoms with van der Waals surface area (Å²) in [6, 6.07) is 0. The Morgan fingerprint density at radius 2 is 2.06 bits per heavy atom. The summed E-state index contributed by atoms with van der Waals surface area (Å²) in [6.45, 7) is 1.76. The molecular formula is C11H12ClF2N3O. The van der Waals surface area contributed by atoms with Gasteiger partial charge in [0.05, 0.1) is 6.20 Å². The molecule has 4 nitrogen and oxygen atoms in total. The van der Waals surface area contributed by atoms with E-state index in [-0.39, 0.29) is 42.6 Å². The van der Waals surface area contributed by atoms with E-state index in [1.54, 1.807) is 4.90 Å². The third-order valence-electron chi connectivity index (χ3n) is 2.87. The van der Waals surface area contributed by atoms with Gasteiger partial charge in [-0.25, -0.2) is 18.7 Å². The van der Waals surface area contributed by atoms with Crippen molar-refractivity contribution in [2.24, 2.45) is 0 Å². The summed E-state index contributed by atoms with van der Waals surface area (Å²) in [5.41, 5.74) is 0.0998. The van der Waals surface area contributed by atoms with Crippen LogP contribution in [0.5, 0.6) is 0 Å². The Bertz CT molecular complexity index is 471. The number of hydrogen-bond donors (Lipinski definition) is 0. The number of Topliss-reactive ketones (excluding diaryl/α,β-unsaturated/α-hetero) is 1. The number of alkyl halides is 2. The molecule has 0 N–H and O–H groups in total. The number of aromatic nitrogens is 2. The predicted octanol–water partition coefficient (Wildman–Crippen LogP) is 2.57. The van der Waals surface area contributed by atoms with E-state index in [0.717, 1.165) is 0 Å². The lowest BCUT2D eigenvalue weighted by Crippen LogP contribution is -2.39. The third-order valence-corrected chi connectivity index (χ3v) is 3.13. The molecule has 98 valence electrons. The number of carbonyl (C=O) groups is 1. The monoisotopic (exact) mass is 275 g/mol. The topological polar surface area (TPSA) is 46.1 Å². The zero-order valence-corrected chi connectivity index (χ0v) is 10.5. The van der Waals surface area contributed by atoms with Gasteiger partial charge < -0.3 is 4.90 Å². The molecule has 2 heterocycles. The molecule has 0 amide bonds. The SMILES string of the molecule is CC(=O)c1ncc(N2CCC(F)(F)CC2)nc1Cl. The van der Waals surface area contributed by atoms with E-state index in [1.807, 2.05) is 0 Å². The molecule has 0 saturated carbocycles. The van der Waals surface area contributed by atoms with Crippen LogP contribution in [0.25, 0.3) is 0 Å². The highest BCUT2D eigenvalue weighted by atomic mass is 35.5. The molecule has 2 rings (SSSR count). The molecule has 1 aliphatic heterocycles. The minimum Gasteiger partial charge on any atom is -0.355 e. The van der Waals surface area contributed by atoms with Crippen molar-refractivity contribution in [3.05, 3.63) is 17.0 Å².